The molecule has 4 aromatic rings. The number of carbonyl (C=O) groups is 1. The Balaban J connectivity index is 1.62. The molecular formula is C32H26BrCl3N2O6S. The highest BCUT2D eigenvalue weighted by Gasteiger charge is 2.31. The highest BCUT2D eigenvalue weighted by molar-refractivity contribution is 9.10. The van der Waals surface area contributed by atoms with Gasteiger partial charge < -0.3 is 18.9 Å². The summed E-state index contributed by atoms with van der Waals surface area (Å²) in [6, 6.07) is 13.0. The summed E-state index contributed by atoms with van der Waals surface area (Å²) in [4.78, 5) is 31.9. The van der Waals surface area contributed by atoms with E-state index in [4.69, 9.17) is 53.8 Å². The maximum atomic E-state index is 14.1. The van der Waals surface area contributed by atoms with Gasteiger partial charge in [-0.1, -0.05) is 58.3 Å². The minimum atomic E-state index is -0.834. The molecule has 5 rings (SSSR count). The van der Waals surface area contributed by atoms with Gasteiger partial charge in [-0.2, -0.15) is 0 Å². The van der Waals surface area contributed by atoms with Crippen molar-refractivity contribution in [1.82, 2.24) is 4.57 Å². The minimum Gasteiger partial charge on any atom is -0.490 e. The fourth-order valence-electron chi connectivity index (χ4n) is 4.76. The van der Waals surface area contributed by atoms with Crippen molar-refractivity contribution < 1.29 is 23.7 Å². The molecule has 2 heterocycles. The summed E-state index contributed by atoms with van der Waals surface area (Å²) in [6.45, 7) is 4.72. The summed E-state index contributed by atoms with van der Waals surface area (Å²) < 4.78 is 25.2. The van der Waals surface area contributed by atoms with Crippen molar-refractivity contribution in [3.8, 4) is 17.2 Å². The summed E-state index contributed by atoms with van der Waals surface area (Å²) >= 11 is 23.5. The Morgan fingerprint density at radius 1 is 1.00 bits per heavy atom. The van der Waals surface area contributed by atoms with Gasteiger partial charge in [0.05, 0.1) is 40.9 Å². The second kappa shape index (κ2) is 14.4. The Labute approximate surface area is 286 Å². The number of nitrogens with zero attached hydrogens (tertiary/aromatic N) is 2. The van der Waals surface area contributed by atoms with Crippen LogP contribution in [-0.2, 0) is 16.1 Å². The molecule has 3 aromatic carbocycles. The van der Waals surface area contributed by atoms with Crippen LogP contribution in [0, 0.1) is 0 Å². The van der Waals surface area contributed by atoms with Crippen molar-refractivity contribution in [2.45, 2.75) is 26.5 Å². The summed E-state index contributed by atoms with van der Waals surface area (Å²) in [6.07, 6.45) is 3.12. The Morgan fingerprint density at radius 3 is 2.47 bits per heavy atom. The van der Waals surface area contributed by atoms with Gasteiger partial charge in [0, 0.05) is 32.4 Å². The number of methoxy groups -OCH3 is 1. The lowest BCUT2D eigenvalue weighted by atomic mass is 9.97. The molecule has 0 spiro atoms. The Hall–Kier alpha value is -3.28. The van der Waals surface area contributed by atoms with E-state index in [9.17, 15) is 9.59 Å². The molecule has 0 saturated carbocycles. The number of hydrogen-bond acceptors (Lipinski definition) is 8. The number of fused-ring (bicyclic) bond motifs is 1. The van der Waals surface area contributed by atoms with Crippen molar-refractivity contribution in [2.75, 3.05) is 20.3 Å². The van der Waals surface area contributed by atoms with Crippen molar-refractivity contribution in [3.63, 3.8) is 0 Å². The largest absolute Gasteiger partial charge is 0.490 e. The van der Waals surface area contributed by atoms with Crippen LogP contribution in [0.3, 0.4) is 0 Å². The third-order valence-electron chi connectivity index (χ3n) is 6.72. The van der Waals surface area contributed by atoms with E-state index in [1.807, 2.05) is 13.8 Å². The molecule has 0 radical (unpaired) electrons. The van der Waals surface area contributed by atoms with Gasteiger partial charge in [-0.3, -0.25) is 9.36 Å². The van der Waals surface area contributed by atoms with E-state index in [1.165, 1.54) is 29.2 Å². The Bertz CT molecular complexity index is 1990. The van der Waals surface area contributed by atoms with Crippen LogP contribution in [0.1, 0.15) is 36.6 Å². The summed E-state index contributed by atoms with van der Waals surface area (Å²) in [7, 11) is 1.28. The second-order valence-corrected chi connectivity index (χ2v) is 12.7. The zero-order chi connectivity index (χ0) is 32.2. The lowest BCUT2D eigenvalue weighted by Crippen LogP contribution is -2.39. The normalized spacial score (nSPS) is 14.3. The highest BCUT2D eigenvalue weighted by atomic mass is 79.9. The van der Waals surface area contributed by atoms with Crippen molar-refractivity contribution in [2.24, 2.45) is 4.99 Å². The molecule has 0 saturated heterocycles. The molecule has 0 fully saturated rings. The molecule has 0 bridgehead atoms. The maximum absolute atomic E-state index is 14.1. The highest BCUT2D eigenvalue weighted by Crippen LogP contribution is 2.36. The summed E-state index contributed by atoms with van der Waals surface area (Å²) in [5, 5.41) is 1.41. The zero-order valence-electron chi connectivity index (χ0n) is 24.2. The van der Waals surface area contributed by atoms with Gasteiger partial charge in [0.25, 0.3) is 5.56 Å². The Kier molecular flexibility index (Phi) is 10.6. The van der Waals surface area contributed by atoms with E-state index in [2.05, 4.69) is 20.9 Å². The monoisotopic (exact) mass is 750 g/mol. The van der Waals surface area contributed by atoms with E-state index in [0.717, 1.165) is 5.56 Å². The molecule has 8 nitrogen and oxygen atoms in total. The predicted octanol–water partition coefficient (Wildman–Crippen LogP) is 7.12. The van der Waals surface area contributed by atoms with Gasteiger partial charge in [0.15, 0.2) is 16.3 Å². The molecule has 0 aliphatic carbocycles. The van der Waals surface area contributed by atoms with Gasteiger partial charge in [0.2, 0.25) is 0 Å². The molecular weight excluding hydrogens is 727 g/mol. The number of halogens is 4. The topological polar surface area (TPSA) is 88.4 Å². The standard InChI is InChI=1S/C32H26BrCl3N2O6S/c1-4-42-25-9-7-17(11-26(25)43-5-2)28-22(31(40)41-3)15-37-32-38(28)30(39)27(45-32)12-19-10-21(35)13-23(33)29(19)44-16-18-6-8-20(34)14-24(18)36/h6-15,28H,4-5,16H2,1-3H3/b27-12+/t28-/m0/s1. The first kappa shape index (κ1) is 33.1. The van der Waals surface area contributed by atoms with Gasteiger partial charge >= 0.3 is 5.97 Å². The molecule has 1 aliphatic heterocycles. The van der Waals surface area contributed by atoms with E-state index < -0.39 is 12.0 Å². The van der Waals surface area contributed by atoms with E-state index in [-0.39, 0.29) is 17.7 Å². The first-order valence-electron chi connectivity index (χ1n) is 13.7. The zero-order valence-corrected chi connectivity index (χ0v) is 28.9. The number of esters is 1. The van der Waals surface area contributed by atoms with Crippen molar-refractivity contribution in [1.29, 1.82) is 0 Å². The van der Waals surface area contributed by atoms with Crippen LogP contribution >= 0.6 is 62.1 Å². The van der Waals surface area contributed by atoms with Crippen LogP contribution in [0.15, 0.2) is 74.6 Å². The first-order chi connectivity index (χ1) is 21.6. The van der Waals surface area contributed by atoms with Crippen molar-refractivity contribution >= 4 is 74.1 Å². The number of hydrogen-bond donors (Lipinski definition) is 0. The summed E-state index contributed by atoms with van der Waals surface area (Å²) in [5.74, 6) is 0.890. The number of thiazole rings is 1. The fourth-order valence-corrected chi connectivity index (χ4v) is 7.13. The van der Waals surface area contributed by atoms with Gasteiger partial charge in [0.1, 0.15) is 12.4 Å². The SMILES string of the molecule is CCOc1ccc([C@H]2C(C(=O)OC)=CN=c3s/c(=C/c4cc(Cl)cc(Br)c4OCc4ccc(Cl)cc4Cl)c(=O)n32)cc1OCC. The quantitative estimate of drug-likeness (QED) is 0.161. The summed E-state index contributed by atoms with van der Waals surface area (Å²) in [5.41, 5.74) is 1.72. The molecule has 234 valence electrons. The van der Waals surface area contributed by atoms with Gasteiger partial charge in [-0.05, 0) is 77.8 Å². The lowest BCUT2D eigenvalue weighted by molar-refractivity contribution is -0.136. The number of rotatable bonds is 10. The predicted molar refractivity (Wildman–Crippen MR) is 180 cm³/mol. The molecule has 0 amide bonds. The lowest BCUT2D eigenvalue weighted by Gasteiger charge is -2.23. The van der Waals surface area contributed by atoms with Gasteiger partial charge in [-0.15, -0.1) is 0 Å². The molecule has 45 heavy (non-hydrogen) atoms. The number of carbonyl (C=O) groups excluding carboxylic acids is 1. The maximum Gasteiger partial charge on any atom is 0.337 e. The average molecular weight is 753 g/mol. The van der Waals surface area contributed by atoms with Crippen LogP contribution in [0.25, 0.3) is 6.08 Å². The second-order valence-electron chi connectivity index (χ2n) is 9.58. The van der Waals surface area contributed by atoms with Crippen LogP contribution in [0.4, 0.5) is 0 Å². The molecule has 1 atom stereocenters. The third-order valence-corrected chi connectivity index (χ3v) is 9.11. The van der Waals surface area contributed by atoms with E-state index in [0.29, 0.717) is 70.5 Å². The number of aromatic nitrogens is 1. The van der Waals surface area contributed by atoms with Crippen LogP contribution in [0.2, 0.25) is 15.1 Å². The minimum absolute atomic E-state index is 0.140. The average Bonchev–Trinajstić information content (AvgIpc) is 3.32. The first-order valence-corrected chi connectivity index (χ1v) is 16.4. The Morgan fingerprint density at radius 2 is 1.76 bits per heavy atom. The molecule has 0 N–H and O–H groups in total. The molecule has 0 unspecified atom stereocenters. The van der Waals surface area contributed by atoms with Gasteiger partial charge in [-0.25, -0.2) is 9.79 Å². The van der Waals surface area contributed by atoms with Crippen molar-refractivity contribution in [3.05, 3.63) is 116 Å². The molecule has 1 aromatic heterocycles. The number of ether oxygens (including phenoxy) is 4. The van der Waals surface area contributed by atoms with Crippen LogP contribution in [-0.4, -0.2) is 30.9 Å². The fraction of sp³-hybridized carbons (Fsp3) is 0.219. The molecule has 13 heteroatoms. The van der Waals surface area contributed by atoms with E-state index in [1.54, 1.807) is 54.6 Å². The third kappa shape index (κ3) is 7.10. The van der Waals surface area contributed by atoms with E-state index >= 15 is 0 Å². The molecule has 1 aliphatic rings. The number of benzene rings is 3. The smallest absolute Gasteiger partial charge is 0.337 e. The van der Waals surface area contributed by atoms with Crippen LogP contribution in [0.5, 0.6) is 17.2 Å². The van der Waals surface area contributed by atoms with Crippen LogP contribution < -0.4 is 29.1 Å².